The number of hydrogen-bond donors (Lipinski definition) is 1. The van der Waals surface area contributed by atoms with Gasteiger partial charge in [-0.05, 0) is 34.0 Å². The highest BCUT2D eigenvalue weighted by molar-refractivity contribution is 7.92. The predicted molar refractivity (Wildman–Crippen MR) is 84.2 cm³/mol. The Morgan fingerprint density at radius 1 is 1.36 bits per heavy atom. The van der Waals surface area contributed by atoms with Crippen molar-refractivity contribution in [2.45, 2.75) is 19.8 Å². The largest absolute Gasteiger partial charge is 0.360 e. The summed E-state index contributed by atoms with van der Waals surface area (Å²) in [5, 5.41) is 6.46. The van der Waals surface area contributed by atoms with Crippen molar-refractivity contribution >= 4 is 21.7 Å². The second-order valence-corrected chi connectivity index (χ2v) is 7.29. The first kappa shape index (κ1) is 18.4. The Kier molecular flexibility index (Phi) is 6.82. The first-order valence-corrected chi connectivity index (χ1v) is 8.87. The van der Waals surface area contributed by atoms with Crippen molar-refractivity contribution in [3.63, 3.8) is 0 Å². The quantitative estimate of drug-likeness (QED) is 0.649. The van der Waals surface area contributed by atoms with E-state index in [0.29, 0.717) is 12.3 Å². The normalized spacial score (nSPS) is 11.7. The fraction of sp³-hybridized carbons (Fsp3) is 0.692. The van der Waals surface area contributed by atoms with E-state index in [1.54, 1.807) is 6.92 Å². The third kappa shape index (κ3) is 6.44. The molecule has 0 radical (unpaired) electrons. The summed E-state index contributed by atoms with van der Waals surface area (Å²) in [6, 6.07) is 1.52. The molecule has 0 atom stereocenters. The maximum atomic E-state index is 11.8. The van der Waals surface area contributed by atoms with Crippen LogP contribution in [0.2, 0.25) is 0 Å². The molecule has 0 aliphatic carbocycles. The van der Waals surface area contributed by atoms with Crippen molar-refractivity contribution in [2.24, 2.45) is 0 Å². The minimum absolute atomic E-state index is 0.0321. The molecule has 0 bridgehead atoms. The zero-order valence-corrected chi connectivity index (χ0v) is 14.3. The van der Waals surface area contributed by atoms with E-state index in [1.807, 2.05) is 19.0 Å². The number of anilines is 1. The molecule has 0 aliphatic heterocycles. The molecule has 1 aromatic rings. The molecule has 0 saturated carbocycles. The Bertz CT molecular complexity index is 583. The maximum Gasteiger partial charge on any atom is 0.233 e. The van der Waals surface area contributed by atoms with Gasteiger partial charge in [-0.25, -0.2) is 8.42 Å². The van der Waals surface area contributed by atoms with Crippen LogP contribution in [0.3, 0.4) is 0 Å². The van der Waals surface area contributed by atoms with Crippen LogP contribution in [0.15, 0.2) is 10.6 Å². The highest BCUT2D eigenvalue weighted by atomic mass is 32.2. The van der Waals surface area contributed by atoms with Crippen LogP contribution in [0.25, 0.3) is 0 Å². The van der Waals surface area contributed by atoms with Gasteiger partial charge in [0.1, 0.15) is 5.76 Å². The Morgan fingerprint density at radius 3 is 2.55 bits per heavy atom. The van der Waals surface area contributed by atoms with Crippen LogP contribution in [-0.4, -0.2) is 64.4 Å². The molecule has 1 heterocycles. The number of aromatic nitrogens is 1. The van der Waals surface area contributed by atoms with E-state index in [0.717, 1.165) is 23.5 Å². The van der Waals surface area contributed by atoms with Gasteiger partial charge in [0.15, 0.2) is 5.82 Å². The molecule has 8 nitrogen and oxygen atoms in total. The average Bonchev–Trinajstić information content (AvgIpc) is 2.79. The second kappa shape index (κ2) is 8.14. The summed E-state index contributed by atoms with van der Waals surface area (Å²) in [5.41, 5.74) is 0. The molecule has 126 valence electrons. The first-order valence-electron chi connectivity index (χ1n) is 7.02. The van der Waals surface area contributed by atoms with Crippen molar-refractivity contribution in [3.05, 3.63) is 11.8 Å². The number of amides is 1. The van der Waals surface area contributed by atoms with Crippen LogP contribution < -0.4 is 9.62 Å². The number of carbonyl (C=O) groups excluding carboxylic acids is 1. The highest BCUT2D eigenvalue weighted by Crippen LogP contribution is 2.17. The summed E-state index contributed by atoms with van der Waals surface area (Å²) in [7, 11) is 0.415. The standard InChI is InChI=1S/C13H24N4O4S/c1-11-10-12(15-21-11)17(22(4,19)20)9-6-13(18)14-7-5-8-16(2)3/h10H,5-9H2,1-4H3,(H,14,18). The van der Waals surface area contributed by atoms with Crippen LogP contribution in [0.1, 0.15) is 18.6 Å². The Labute approximate surface area is 131 Å². The minimum atomic E-state index is -3.51. The molecule has 0 fully saturated rings. The molecule has 1 amide bonds. The van der Waals surface area contributed by atoms with Gasteiger partial charge in [0.2, 0.25) is 15.9 Å². The monoisotopic (exact) mass is 332 g/mol. The second-order valence-electron chi connectivity index (χ2n) is 5.39. The minimum Gasteiger partial charge on any atom is -0.360 e. The number of hydrogen-bond acceptors (Lipinski definition) is 6. The van der Waals surface area contributed by atoms with E-state index in [-0.39, 0.29) is 24.7 Å². The van der Waals surface area contributed by atoms with Crippen LogP contribution >= 0.6 is 0 Å². The van der Waals surface area contributed by atoms with Crippen molar-refractivity contribution < 1.29 is 17.7 Å². The average molecular weight is 332 g/mol. The molecular weight excluding hydrogens is 308 g/mol. The third-order valence-electron chi connectivity index (χ3n) is 2.92. The Hall–Kier alpha value is -1.61. The molecule has 1 N–H and O–H groups in total. The fourth-order valence-electron chi connectivity index (χ4n) is 1.84. The van der Waals surface area contributed by atoms with Crippen molar-refractivity contribution in [3.8, 4) is 0 Å². The van der Waals surface area contributed by atoms with Gasteiger partial charge in [-0.3, -0.25) is 9.10 Å². The number of carbonyl (C=O) groups is 1. The smallest absolute Gasteiger partial charge is 0.233 e. The van der Waals surface area contributed by atoms with Gasteiger partial charge < -0.3 is 14.7 Å². The molecule has 1 aromatic heterocycles. The summed E-state index contributed by atoms with van der Waals surface area (Å²) in [6.45, 7) is 3.16. The molecule has 0 unspecified atom stereocenters. The molecule has 0 aliphatic rings. The fourth-order valence-corrected chi connectivity index (χ4v) is 2.68. The lowest BCUT2D eigenvalue weighted by Crippen LogP contribution is -2.35. The molecule has 0 aromatic carbocycles. The molecule has 0 saturated heterocycles. The van der Waals surface area contributed by atoms with Gasteiger partial charge in [0.05, 0.1) is 6.26 Å². The van der Waals surface area contributed by atoms with Gasteiger partial charge in [-0.2, -0.15) is 0 Å². The lowest BCUT2D eigenvalue weighted by atomic mass is 10.3. The summed E-state index contributed by atoms with van der Waals surface area (Å²) in [4.78, 5) is 13.8. The van der Waals surface area contributed by atoms with E-state index in [4.69, 9.17) is 4.52 Å². The van der Waals surface area contributed by atoms with E-state index in [9.17, 15) is 13.2 Å². The highest BCUT2D eigenvalue weighted by Gasteiger charge is 2.21. The lowest BCUT2D eigenvalue weighted by molar-refractivity contribution is -0.120. The van der Waals surface area contributed by atoms with Crippen molar-refractivity contribution in [1.29, 1.82) is 0 Å². The zero-order chi connectivity index (χ0) is 16.8. The van der Waals surface area contributed by atoms with Gasteiger partial charge in [0, 0.05) is 25.6 Å². The van der Waals surface area contributed by atoms with Gasteiger partial charge in [-0.1, -0.05) is 5.16 Å². The Balaban J connectivity index is 2.49. The predicted octanol–water partition coefficient (Wildman–Crippen LogP) is 0.207. The van der Waals surface area contributed by atoms with E-state index >= 15 is 0 Å². The first-order chi connectivity index (χ1) is 10.2. The van der Waals surface area contributed by atoms with Gasteiger partial charge in [0.25, 0.3) is 0 Å². The van der Waals surface area contributed by atoms with Crippen LogP contribution in [0.4, 0.5) is 5.82 Å². The van der Waals surface area contributed by atoms with Gasteiger partial charge in [-0.15, -0.1) is 0 Å². The van der Waals surface area contributed by atoms with Crippen LogP contribution in [0, 0.1) is 6.92 Å². The summed E-state index contributed by atoms with van der Waals surface area (Å²) >= 11 is 0. The van der Waals surface area contributed by atoms with Crippen molar-refractivity contribution in [2.75, 3.05) is 44.3 Å². The third-order valence-corrected chi connectivity index (χ3v) is 4.09. The molecule has 0 spiro atoms. The molecule has 1 rings (SSSR count). The van der Waals surface area contributed by atoms with E-state index in [2.05, 4.69) is 10.5 Å². The maximum absolute atomic E-state index is 11.8. The molecule has 9 heteroatoms. The number of aryl methyl sites for hydroxylation is 1. The number of nitrogens with one attached hydrogen (secondary N) is 1. The van der Waals surface area contributed by atoms with Crippen molar-refractivity contribution in [1.82, 2.24) is 15.4 Å². The van der Waals surface area contributed by atoms with E-state index in [1.165, 1.54) is 6.07 Å². The molecule has 22 heavy (non-hydrogen) atoms. The number of sulfonamides is 1. The van der Waals surface area contributed by atoms with Crippen LogP contribution in [-0.2, 0) is 14.8 Å². The zero-order valence-electron chi connectivity index (χ0n) is 13.5. The van der Waals surface area contributed by atoms with Crippen LogP contribution in [0.5, 0.6) is 0 Å². The molecular formula is C13H24N4O4S. The number of nitrogens with zero attached hydrogens (tertiary/aromatic N) is 3. The summed E-state index contributed by atoms with van der Waals surface area (Å²) < 4.78 is 29.6. The SMILES string of the molecule is Cc1cc(N(CCC(=O)NCCCN(C)C)S(C)(=O)=O)no1. The van der Waals surface area contributed by atoms with Gasteiger partial charge >= 0.3 is 0 Å². The topological polar surface area (TPSA) is 95.8 Å². The summed E-state index contributed by atoms with van der Waals surface area (Å²) in [5.74, 6) is 0.518. The summed E-state index contributed by atoms with van der Waals surface area (Å²) in [6.07, 6.45) is 1.99. The Morgan fingerprint density at radius 2 is 2.05 bits per heavy atom. The lowest BCUT2D eigenvalue weighted by Gasteiger charge is -2.18. The number of rotatable bonds is 9. The van der Waals surface area contributed by atoms with E-state index < -0.39 is 10.0 Å².